The van der Waals surface area contributed by atoms with Gasteiger partial charge in [-0.25, -0.2) is 0 Å². The molecule has 37 heavy (non-hydrogen) atoms. The summed E-state index contributed by atoms with van der Waals surface area (Å²) in [6.07, 6.45) is 0.926. The van der Waals surface area contributed by atoms with Crippen molar-refractivity contribution in [2.24, 2.45) is 0 Å². The molecule has 0 atom stereocenters. The van der Waals surface area contributed by atoms with Crippen LogP contribution in [-0.4, -0.2) is 43.4 Å². The van der Waals surface area contributed by atoms with Gasteiger partial charge in [-0.1, -0.05) is 126 Å². The molecule has 0 amide bonds. The van der Waals surface area contributed by atoms with Crippen LogP contribution in [0, 0.1) is 40.4 Å². The van der Waals surface area contributed by atoms with Crippen molar-refractivity contribution in [3.8, 4) is 11.3 Å². The fourth-order valence-electron chi connectivity index (χ4n) is 2.55. The van der Waals surface area contributed by atoms with Crippen molar-refractivity contribution in [2.75, 3.05) is 6.17 Å². The Morgan fingerprint density at radius 1 is 0.676 bits per heavy atom. The molecule has 2 aromatic rings. The van der Waals surface area contributed by atoms with Crippen LogP contribution in [0.1, 0.15) is 16.7 Å². The standard InChI is InChI=1S/C18H25N2Si.3C4H11Si.Hf/c1-13-10-14(2)18(15(3)11-13)16-8-7-9-17(20-16)19-12-21(4,5)6;3*1-5(2,3)4;/h7-11H,12H2,1-6H3;3*1H2,2-4H3;/q4*-1;. The summed E-state index contributed by atoms with van der Waals surface area (Å²) < 4.78 is 0. The zero-order chi connectivity index (χ0) is 29.1. The van der Waals surface area contributed by atoms with Crippen molar-refractivity contribution in [3.63, 3.8) is 0 Å². The molecule has 0 radical (unpaired) electrons. The number of aromatic nitrogens is 1. The summed E-state index contributed by atoms with van der Waals surface area (Å²) in [6, 6.07) is 10.6. The van der Waals surface area contributed by atoms with Gasteiger partial charge in [0.2, 0.25) is 0 Å². The van der Waals surface area contributed by atoms with Crippen molar-refractivity contribution in [2.45, 2.75) is 99.3 Å². The molecule has 212 valence electrons. The topological polar surface area (TPSA) is 27.0 Å². The second-order valence-corrected chi connectivity index (χ2v) is 35.5. The van der Waals surface area contributed by atoms with Crippen molar-refractivity contribution < 1.29 is 25.8 Å². The Morgan fingerprint density at radius 3 is 1.35 bits per heavy atom. The molecule has 0 saturated carbocycles. The molecule has 7 heteroatoms. The van der Waals surface area contributed by atoms with E-state index >= 15 is 0 Å². The molecule has 0 saturated heterocycles. The van der Waals surface area contributed by atoms with Crippen LogP contribution < -0.4 is 0 Å². The Kier molecular flexibility index (Phi) is 19.7. The molecule has 0 bridgehead atoms. The van der Waals surface area contributed by atoms with E-state index in [1.165, 1.54) is 22.3 Å². The van der Waals surface area contributed by atoms with Gasteiger partial charge in [-0.05, 0) is 43.2 Å². The van der Waals surface area contributed by atoms with Crippen molar-refractivity contribution >= 4 is 38.1 Å². The monoisotopic (exact) mass is 738 g/mol. The minimum atomic E-state index is -1.17. The third-order valence-corrected chi connectivity index (χ3v) is 4.49. The number of pyridine rings is 1. The zero-order valence-corrected chi connectivity index (χ0v) is 34.7. The van der Waals surface area contributed by atoms with Gasteiger partial charge in [0.05, 0.1) is 0 Å². The molecule has 0 fully saturated rings. The largest absolute Gasteiger partial charge is 0.468 e. The summed E-state index contributed by atoms with van der Waals surface area (Å²) in [5.41, 5.74) is 6.13. The zero-order valence-electron chi connectivity index (χ0n) is 27.1. The summed E-state index contributed by atoms with van der Waals surface area (Å²) in [5, 5.41) is 4.69. The van der Waals surface area contributed by atoms with Crippen LogP contribution in [0.2, 0.25) is 78.6 Å². The van der Waals surface area contributed by atoms with Crippen LogP contribution in [0.25, 0.3) is 16.6 Å². The van der Waals surface area contributed by atoms with Crippen LogP contribution >= 0.6 is 0 Å². The first-order valence-electron chi connectivity index (χ1n) is 13.0. The third kappa shape index (κ3) is 32.0. The van der Waals surface area contributed by atoms with Crippen LogP contribution in [0.5, 0.6) is 0 Å². The van der Waals surface area contributed by atoms with Gasteiger partial charge in [-0.15, -0.1) is 24.2 Å². The number of hydrogen-bond acceptors (Lipinski definition) is 1. The van der Waals surface area contributed by atoms with Gasteiger partial charge in [0.25, 0.3) is 0 Å². The molecule has 1 aromatic heterocycles. The second kappa shape index (κ2) is 17.6. The number of nitrogens with zero attached hydrogens (tertiary/aromatic N) is 2. The van der Waals surface area contributed by atoms with Crippen molar-refractivity contribution in [1.29, 1.82) is 0 Å². The average molecular weight is 738 g/mol. The minimum absolute atomic E-state index is 0. The summed E-state index contributed by atoms with van der Waals surface area (Å²) in [4.78, 5) is 4.75. The van der Waals surface area contributed by atoms with Crippen molar-refractivity contribution in [3.05, 3.63) is 72.0 Å². The van der Waals surface area contributed by atoms with E-state index in [4.69, 9.17) is 10.3 Å². The Labute approximate surface area is 256 Å². The Morgan fingerprint density at radius 2 is 1.03 bits per heavy atom. The van der Waals surface area contributed by atoms with Gasteiger partial charge < -0.3 is 29.9 Å². The van der Waals surface area contributed by atoms with E-state index < -0.39 is 32.3 Å². The molecule has 0 unspecified atom stereocenters. The van der Waals surface area contributed by atoms with Crippen LogP contribution in [0.3, 0.4) is 0 Å². The molecular formula is C30H58HfN2Si4-4. The first kappa shape index (κ1) is 41.4. The molecule has 0 aliphatic heterocycles. The van der Waals surface area contributed by atoms with E-state index in [0.717, 1.165) is 17.7 Å². The maximum absolute atomic E-state index is 4.75. The van der Waals surface area contributed by atoms with Gasteiger partial charge in [0.1, 0.15) is 0 Å². The van der Waals surface area contributed by atoms with Gasteiger partial charge >= 0.3 is 0 Å². The van der Waals surface area contributed by atoms with Gasteiger partial charge in [0, 0.05) is 33.9 Å². The number of benzene rings is 1. The van der Waals surface area contributed by atoms with Crippen LogP contribution in [0.15, 0.2) is 30.3 Å². The Bertz CT molecular complexity index is 834. The van der Waals surface area contributed by atoms with Gasteiger partial charge in [-0.2, -0.15) is 0 Å². The molecule has 0 aliphatic rings. The average Bonchev–Trinajstić information content (AvgIpc) is 2.54. The molecular weight excluding hydrogens is 679 g/mol. The third-order valence-electron chi connectivity index (χ3n) is 3.38. The molecule has 2 rings (SSSR count). The number of aryl methyl sites for hydroxylation is 3. The first-order valence-corrected chi connectivity index (χ1v) is 27.9. The number of rotatable bonds is 4. The SMILES string of the molecule is Cc1cc(C)c(-c2cccc([N-]C[Si](C)(C)C)n2)c(C)c1.[CH2-][Si](C)(C)C.[CH2-][Si](C)(C)C.[CH2-][Si](C)(C)C.[Hf]. The molecule has 1 heterocycles. The quantitative estimate of drug-likeness (QED) is 0.227. The van der Waals surface area contributed by atoms with Gasteiger partial charge in [-0.3, -0.25) is 0 Å². The predicted molar refractivity (Wildman–Crippen MR) is 181 cm³/mol. The summed E-state index contributed by atoms with van der Waals surface area (Å²) in [7, 11) is -3.76. The fourth-order valence-corrected chi connectivity index (χ4v) is 3.19. The maximum atomic E-state index is 4.75. The summed E-state index contributed by atoms with van der Waals surface area (Å²) in [5.74, 6) is 0.856. The summed E-state index contributed by atoms with van der Waals surface area (Å²) >= 11 is 0. The Hall–Kier alpha value is -0.0923. The molecule has 0 N–H and O–H groups in total. The molecule has 1 aromatic carbocycles. The van der Waals surface area contributed by atoms with E-state index in [0.29, 0.717) is 0 Å². The fraction of sp³-hybridized carbons (Fsp3) is 0.533. The normalized spacial score (nSPS) is 11.4. The van der Waals surface area contributed by atoms with E-state index in [1.807, 2.05) is 6.07 Å². The predicted octanol–water partition coefficient (Wildman–Crippen LogP) is 10.6. The summed E-state index contributed by atoms with van der Waals surface area (Å²) in [6.45, 7) is 45.1. The second-order valence-electron chi connectivity index (χ2n) is 14.7. The maximum Gasteiger partial charge on any atom is 0.0434 e. The molecule has 0 spiro atoms. The smallest absolute Gasteiger partial charge is 0.0434 e. The van der Waals surface area contributed by atoms with Crippen LogP contribution in [0.4, 0.5) is 5.82 Å². The molecule has 0 aliphatic carbocycles. The van der Waals surface area contributed by atoms with E-state index in [9.17, 15) is 0 Å². The first-order chi connectivity index (χ1) is 15.8. The van der Waals surface area contributed by atoms with Crippen LogP contribution in [-0.2, 0) is 25.8 Å². The minimum Gasteiger partial charge on any atom is -0.468 e. The van der Waals surface area contributed by atoms with E-state index in [-0.39, 0.29) is 25.8 Å². The Balaban J connectivity index is -0.000000595. The van der Waals surface area contributed by atoms with E-state index in [1.54, 1.807) is 0 Å². The van der Waals surface area contributed by atoms with E-state index in [2.05, 4.69) is 143 Å². The molecule has 2 nitrogen and oxygen atoms in total. The number of hydrogen-bond donors (Lipinski definition) is 0. The van der Waals surface area contributed by atoms with Crippen molar-refractivity contribution in [1.82, 2.24) is 4.98 Å². The van der Waals surface area contributed by atoms with Gasteiger partial charge in [0.15, 0.2) is 0 Å².